The van der Waals surface area contributed by atoms with Crippen LogP contribution in [-0.4, -0.2) is 18.4 Å². The van der Waals surface area contributed by atoms with E-state index in [1.165, 1.54) is 0 Å². The van der Waals surface area contributed by atoms with Gasteiger partial charge in [0.2, 0.25) is 11.8 Å². The van der Waals surface area contributed by atoms with Gasteiger partial charge in [-0.15, -0.1) is 0 Å². The van der Waals surface area contributed by atoms with Crippen molar-refractivity contribution < 1.29 is 9.59 Å². The Hall–Kier alpha value is -2.24. The molecule has 2 rings (SSSR count). The van der Waals surface area contributed by atoms with E-state index in [1.54, 1.807) is 49.4 Å². The number of nitrogens with one attached hydrogen (secondary N) is 3. The summed E-state index contributed by atoms with van der Waals surface area (Å²) in [6, 6.07) is 12.1. The van der Waals surface area contributed by atoms with Crippen LogP contribution in [0.5, 0.6) is 0 Å². The first kappa shape index (κ1) is 18.1. The van der Waals surface area contributed by atoms with Crippen molar-refractivity contribution in [2.75, 3.05) is 22.5 Å². The van der Waals surface area contributed by atoms with Crippen molar-refractivity contribution in [3.8, 4) is 0 Å². The third kappa shape index (κ3) is 5.15. The van der Waals surface area contributed by atoms with Gasteiger partial charge in [-0.3, -0.25) is 9.59 Å². The molecule has 0 fully saturated rings. The molecule has 0 aromatic heterocycles. The first-order valence-electron chi connectivity index (χ1n) is 7.37. The summed E-state index contributed by atoms with van der Waals surface area (Å²) in [6.45, 7) is 1.83. The lowest BCUT2D eigenvalue weighted by Crippen LogP contribution is -2.21. The number of hydrogen-bond acceptors (Lipinski definition) is 3. The zero-order valence-electron chi connectivity index (χ0n) is 13.0. The Morgan fingerprint density at radius 3 is 2.08 bits per heavy atom. The van der Waals surface area contributed by atoms with E-state index >= 15 is 0 Å². The van der Waals surface area contributed by atoms with Gasteiger partial charge in [-0.2, -0.15) is 0 Å². The topological polar surface area (TPSA) is 70.2 Å². The monoisotopic (exact) mass is 365 g/mol. The quantitative estimate of drug-likeness (QED) is 0.710. The van der Waals surface area contributed by atoms with E-state index in [2.05, 4.69) is 16.0 Å². The molecule has 0 atom stereocenters. The fourth-order valence-corrected chi connectivity index (χ4v) is 2.27. The average Bonchev–Trinajstić information content (AvgIpc) is 2.58. The van der Waals surface area contributed by atoms with Crippen molar-refractivity contribution in [3.63, 3.8) is 0 Å². The highest BCUT2D eigenvalue weighted by Crippen LogP contribution is 2.29. The van der Waals surface area contributed by atoms with E-state index in [0.717, 1.165) is 0 Å². The number of halogens is 2. The Morgan fingerprint density at radius 1 is 0.917 bits per heavy atom. The molecule has 0 heterocycles. The Morgan fingerprint density at radius 2 is 1.50 bits per heavy atom. The van der Waals surface area contributed by atoms with Gasteiger partial charge in [0.05, 0.1) is 22.3 Å². The molecule has 7 heteroatoms. The van der Waals surface area contributed by atoms with Crippen LogP contribution in [0.15, 0.2) is 42.5 Å². The Labute approximate surface area is 150 Å². The van der Waals surface area contributed by atoms with Crippen LogP contribution in [0, 0.1) is 0 Å². The number of carbonyl (C=O) groups is 2. The van der Waals surface area contributed by atoms with Crippen LogP contribution in [0.3, 0.4) is 0 Å². The molecule has 126 valence electrons. The summed E-state index contributed by atoms with van der Waals surface area (Å²) in [6.07, 6.45) is 0.413. The highest BCUT2D eigenvalue weighted by atomic mass is 35.5. The predicted molar refractivity (Wildman–Crippen MR) is 98.9 cm³/mol. The molecule has 0 aliphatic carbocycles. The van der Waals surface area contributed by atoms with Gasteiger partial charge in [0.25, 0.3) is 0 Å². The minimum atomic E-state index is -0.226. The highest BCUT2D eigenvalue weighted by molar-refractivity contribution is 6.43. The zero-order valence-corrected chi connectivity index (χ0v) is 14.5. The van der Waals surface area contributed by atoms with E-state index in [1.807, 2.05) is 0 Å². The number of benzene rings is 2. The molecule has 5 nitrogen and oxygen atoms in total. The van der Waals surface area contributed by atoms with Gasteiger partial charge in [0, 0.05) is 17.8 Å². The van der Waals surface area contributed by atoms with E-state index in [4.69, 9.17) is 23.2 Å². The lowest BCUT2D eigenvalue weighted by Gasteiger charge is -2.10. The van der Waals surface area contributed by atoms with Crippen molar-refractivity contribution >= 4 is 52.1 Å². The number of rotatable bonds is 6. The maximum Gasteiger partial charge on any atom is 0.243 e. The minimum absolute atomic E-state index is 0.0500. The Balaban J connectivity index is 1.88. The number of anilines is 3. The molecular formula is C17H17Cl2N3O2. The van der Waals surface area contributed by atoms with Crippen molar-refractivity contribution in [3.05, 3.63) is 52.5 Å². The maximum absolute atomic E-state index is 12.0. The van der Waals surface area contributed by atoms with Crippen molar-refractivity contribution in [1.29, 1.82) is 0 Å². The molecule has 0 aliphatic heterocycles. The Bertz CT molecular complexity index is 733. The molecule has 0 saturated carbocycles. The van der Waals surface area contributed by atoms with Crippen LogP contribution in [0.4, 0.5) is 17.1 Å². The van der Waals surface area contributed by atoms with Crippen molar-refractivity contribution in [2.24, 2.45) is 0 Å². The maximum atomic E-state index is 12.0. The summed E-state index contributed by atoms with van der Waals surface area (Å²) >= 11 is 12.0. The third-order valence-electron chi connectivity index (χ3n) is 3.16. The molecule has 3 N–H and O–H groups in total. The van der Waals surface area contributed by atoms with Crippen LogP contribution in [-0.2, 0) is 9.59 Å². The summed E-state index contributed by atoms with van der Waals surface area (Å²) in [5.74, 6) is -0.286. The molecule has 0 unspecified atom stereocenters. The minimum Gasteiger partial charge on any atom is -0.375 e. The SMILES string of the molecule is CCC(=O)Nc1ccc(NC(=O)CNc2cccc(Cl)c2Cl)cc1. The van der Waals surface area contributed by atoms with Crippen LogP contribution in [0.25, 0.3) is 0 Å². The molecule has 0 radical (unpaired) electrons. The molecule has 0 saturated heterocycles. The van der Waals surface area contributed by atoms with Crippen LogP contribution in [0.2, 0.25) is 10.0 Å². The summed E-state index contributed by atoms with van der Waals surface area (Å²) < 4.78 is 0. The van der Waals surface area contributed by atoms with Gasteiger partial charge in [0.1, 0.15) is 0 Å². The third-order valence-corrected chi connectivity index (χ3v) is 3.98. The molecule has 2 aromatic rings. The van der Waals surface area contributed by atoms with Gasteiger partial charge in [0.15, 0.2) is 0 Å². The molecule has 0 aliphatic rings. The lowest BCUT2D eigenvalue weighted by atomic mass is 10.2. The second-order valence-electron chi connectivity index (χ2n) is 4.98. The number of amides is 2. The van der Waals surface area contributed by atoms with Gasteiger partial charge in [-0.25, -0.2) is 0 Å². The van der Waals surface area contributed by atoms with E-state index < -0.39 is 0 Å². The molecule has 2 amide bonds. The van der Waals surface area contributed by atoms with Gasteiger partial charge >= 0.3 is 0 Å². The summed E-state index contributed by atoms with van der Waals surface area (Å²) in [5, 5.41) is 9.22. The predicted octanol–water partition coefficient (Wildman–Crippen LogP) is 4.39. The second kappa shape index (κ2) is 8.57. The molecule has 0 bridgehead atoms. The first-order chi connectivity index (χ1) is 11.5. The smallest absolute Gasteiger partial charge is 0.243 e. The zero-order chi connectivity index (χ0) is 17.5. The standard InChI is InChI=1S/C17H17Cl2N3O2/c1-2-15(23)21-11-6-8-12(9-7-11)22-16(24)10-20-14-5-3-4-13(18)17(14)19/h3-9,20H,2,10H2,1H3,(H,21,23)(H,22,24). The van der Waals surface area contributed by atoms with E-state index in [-0.39, 0.29) is 18.4 Å². The second-order valence-corrected chi connectivity index (χ2v) is 5.77. The molecule has 24 heavy (non-hydrogen) atoms. The van der Waals surface area contributed by atoms with E-state index in [9.17, 15) is 9.59 Å². The van der Waals surface area contributed by atoms with Gasteiger partial charge in [-0.05, 0) is 36.4 Å². The highest BCUT2D eigenvalue weighted by Gasteiger charge is 2.07. The fourth-order valence-electron chi connectivity index (χ4n) is 1.91. The van der Waals surface area contributed by atoms with Crippen LogP contribution in [0.1, 0.15) is 13.3 Å². The van der Waals surface area contributed by atoms with E-state index in [0.29, 0.717) is 33.5 Å². The number of carbonyl (C=O) groups excluding carboxylic acids is 2. The summed E-state index contributed by atoms with van der Waals surface area (Å²) in [7, 11) is 0. The first-order valence-corrected chi connectivity index (χ1v) is 8.13. The van der Waals surface area contributed by atoms with Crippen LogP contribution >= 0.6 is 23.2 Å². The van der Waals surface area contributed by atoms with Crippen LogP contribution < -0.4 is 16.0 Å². The molecule has 2 aromatic carbocycles. The number of hydrogen-bond donors (Lipinski definition) is 3. The lowest BCUT2D eigenvalue weighted by molar-refractivity contribution is -0.116. The largest absolute Gasteiger partial charge is 0.375 e. The van der Waals surface area contributed by atoms with Gasteiger partial charge in [-0.1, -0.05) is 36.2 Å². The van der Waals surface area contributed by atoms with Crippen molar-refractivity contribution in [1.82, 2.24) is 0 Å². The summed E-state index contributed by atoms with van der Waals surface area (Å²) in [4.78, 5) is 23.3. The average molecular weight is 366 g/mol. The normalized spacial score (nSPS) is 10.1. The Kier molecular flexibility index (Phi) is 6.46. The molecular weight excluding hydrogens is 349 g/mol. The van der Waals surface area contributed by atoms with Crippen molar-refractivity contribution in [2.45, 2.75) is 13.3 Å². The summed E-state index contributed by atoms with van der Waals surface area (Å²) in [5.41, 5.74) is 1.91. The fraction of sp³-hybridized carbons (Fsp3) is 0.176. The molecule has 0 spiro atoms. The van der Waals surface area contributed by atoms with Gasteiger partial charge < -0.3 is 16.0 Å².